The Labute approximate surface area is 343 Å². The molecule has 14 nitrogen and oxygen atoms in total. The number of benzene rings is 2. The molecule has 0 bridgehead atoms. The molecular formula is C43H49ClN10O4. The van der Waals surface area contributed by atoms with Gasteiger partial charge in [0.1, 0.15) is 6.04 Å². The van der Waals surface area contributed by atoms with Crippen LogP contribution in [0.3, 0.4) is 0 Å². The molecule has 4 amide bonds. The molecule has 58 heavy (non-hydrogen) atoms. The Morgan fingerprint density at radius 2 is 1.57 bits per heavy atom. The van der Waals surface area contributed by atoms with Crippen LogP contribution in [0.2, 0.25) is 5.02 Å². The van der Waals surface area contributed by atoms with Gasteiger partial charge < -0.3 is 14.7 Å². The van der Waals surface area contributed by atoms with Gasteiger partial charge in [0.25, 0.3) is 11.8 Å². The lowest BCUT2D eigenvalue weighted by atomic mass is 9.77. The van der Waals surface area contributed by atoms with Crippen molar-refractivity contribution in [1.29, 1.82) is 0 Å². The van der Waals surface area contributed by atoms with Gasteiger partial charge in [0.05, 0.1) is 23.4 Å². The van der Waals surface area contributed by atoms with Gasteiger partial charge in [-0.25, -0.2) is 4.85 Å². The van der Waals surface area contributed by atoms with Gasteiger partial charge in [0.15, 0.2) is 5.82 Å². The molecular weight excluding hydrogens is 756 g/mol. The third-order valence-corrected chi connectivity index (χ3v) is 13.9. The smallest absolute Gasteiger partial charge is 0.262 e. The summed E-state index contributed by atoms with van der Waals surface area (Å²) in [5.74, 6) is -0.974. The second kappa shape index (κ2) is 15.6. The van der Waals surface area contributed by atoms with Crippen LogP contribution in [-0.2, 0) is 16.1 Å². The van der Waals surface area contributed by atoms with Crippen LogP contribution in [0.5, 0.6) is 0 Å². The van der Waals surface area contributed by atoms with Crippen molar-refractivity contribution >= 4 is 58.1 Å². The molecule has 2 atom stereocenters. The number of nitrogens with one attached hydrogen (secondary N) is 1. The molecule has 5 saturated heterocycles. The molecule has 1 spiro atoms. The zero-order valence-corrected chi connectivity index (χ0v) is 33.7. The molecule has 9 rings (SSSR count). The molecule has 2 aromatic carbocycles. The first kappa shape index (κ1) is 38.4. The lowest BCUT2D eigenvalue weighted by molar-refractivity contribution is -0.136. The van der Waals surface area contributed by atoms with Gasteiger partial charge in [-0.2, -0.15) is 5.10 Å². The minimum Gasteiger partial charge on any atom is -0.371 e. The predicted molar refractivity (Wildman–Crippen MR) is 220 cm³/mol. The van der Waals surface area contributed by atoms with Crippen molar-refractivity contribution in [2.24, 2.45) is 5.41 Å². The molecule has 0 radical (unpaired) electrons. The maximum Gasteiger partial charge on any atom is 0.262 e. The van der Waals surface area contributed by atoms with Gasteiger partial charge in [-0.15, -0.1) is 5.10 Å². The Morgan fingerprint density at radius 1 is 0.828 bits per heavy atom. The molecule has 1 aromatic heterocycles. The number of nitrogens with zero attached hydrogens (tertiary/aromatic N) is 9. The first-order chi connectivity index (χ1) is 28.1. The Morgan fingerprint density at radius 3 is 2.26 bits per heavy atom. The minimum absolute atomic E-state index is 0.101. The number of piperidine rings is 3. The van der Waals surface area contributed by atoms with Gasteiger partial charge in [0.2, 0.25) is 17.5 Å². The van der Waals surface area contributed by atoms with E-state index in [0.29, 0.717) is 33.9 Å². The third kappa shape index (κ3) is 7.28. The molecule has 1 N–H and O–H groups in total. The summed E-state index contributed by atoms with van der Waals surface area (Å²) in [5.41, 5.74) is 4.41. The number of fused-ring (bicyclic) bond motifs is 1. The molecule has 6 aliphatic heterocycles. The van der Waals surface area contributed by atoms with Crippen molar-refractivity contribution in [2.45, 2.75) is 76.5 Å². The van der Waals surface area contributed by atoms with Gasteiger partial charge >= 0.3 is 0 Å². The van der Waals surface area contributed by atoms with E-state index in [9.17, 15) is 19.2 Å². The summed E-state index contributed by atoms with van der Waals surface area (Å²) in [5, 5.41) is 12.1. The molecule has 6 aliphatic rings. The monoisotopic (exact) mass is 804 g/mol. The molecule has 302 valence electrons. The van der Waals surface area contributed by atoms with Gasteiger partial charge in [-0.05, 0) is 93.3 Å². The number of piperazine rings is 1. The quantitative estimate of drug-likeness (QED) is 0.263. The van der Waals surface area contributed by atoms with E-state index in [1.165, 1.54) is 0 Å². The zero-order valence-electron chi connectivity index (χ0n) is 32.9. The maximum atomic E-state index is 13.4. The highest BCUT2D eigenvalue weighted by atomic mass is 35.5. The summed E-state index contributed by atoms with van der Waals surface area (Å²) >= 11 is 6.39. The number of aromatic nitrogens is 2. The van der Waals surface area contributed by atoms with Crippen LogP contribution >= 0.6 is 11.6 Å². The van der Waals surface area contributed by atoms with Crippen LogP contribution in [0.25, 0.3) is 4.85 Å². The third-order valence-electron chi connectivity index (χ3n) is 13.6. The number of hydrogen-bond donors (Lipinski definition) is 1. The molecule has 15 heteroatoms. The van der Waals surface area contributed by atoms with Gasteiger partial charge in [0, 0.05) is 100 Å². The normalized spacial score (nSPS) is 24.4. The number of imide groups is 2. The number of amides is 4. The van der Waals surface area contributed by atoms with Crippen LogP contribution in [0, 0.1) is 12.0 Å². The molecule has 0 aliphatic carbocycles. The van der Waals surface area contributed by atoms with Crippen molar-refractivity contribution in [3.8, 4) is 0 Å². The van der Waals surface area contributed by atoms with E-state index in [0.717, 1.165) is 125 Å². The van der Waals surface area contributed by atoms with Crippen LogP contribution in [-0.4, -0.2) is 126 Å². The van der Waals surface area contributed by atoms with Crippen LogP contribution in [0.1, 0.15) is 78.3 Å². The highest BCUT2D eigenvalue weighted by Gasteiger charge is 2.46. The summed E-state index contributed by atoms with van der Waals surface area (Å²) in [7, 11) is 0. The highest BCUT2D eigenvalue weighted by Crippen LogP contribution is 2.46. The van der Waals surface area contributed by atoms with E-state index >= 15 is 0 Å². The van der Waals surface area contributed by atoms with Gasteiger partial charge in [-0.1, -0.05) is 17.7 Å². The Kier molecular flexibility index (Phi) is 10.3. The predicted octanol–water partition coefficient (Wildman–Crippen LogP) is 4.75. The number of rotatable bonds is 7. The molecule has 5 fully saturated rings. The fraction of sp³-hybridized carbons (Fsp3) is 0.512. The number of anilines is 3. The van der Waals surface area contributed by atoms with Crippen molar-refractivity contribution < 1.29 is 19.2 Å². The number of carbonyl (C=O) groups excluding carboxylic acids is 4. The Hall–Kier alpha value is -5.10. The van der Waals surface area contributed by atoms with E-state index < -0.39 is 23.8 Å². The largest absolute Gasteiger partial charge is 0.371 e. The lowest BCUT2D eigenvalue weighted by Crippen LogP contribution is -2.54. The van der Waals surface area contributed by atoms with Crippen LogP contribution in [0.15, 0.2) is 48.5 Å². The number of halogens is 1. The second-order valence-corrected chi connectivity index (χ2v) is 17.4. The summed E-state index contributed by atoms with van der Waals surface area (Å²) in [6.45, 7) is 19.0. The molecule has 1 unspecified atom stereocenters. The van der Waals surface area contributed by atoms with E-state index in [2.05, 4.69) is 63.9 Å². The van der Waals surface area contributed by atoms with E-state index in [4.69, 9.17) is 18.2 Å². The van der Waals surface area contributed by atoms with Crippen molar-refractivity contribution in [3.63, 3.8) is 0 Å². The fourth-order valence-electron chi connectivity index (χ4n) is 10.3. The van der Waals surface area contributed by atoms with Crippen LogP contribution < -0.4 is 20.0 Å². The van der Waals surface area contributed by atoms with Crippen molar-refractivity contribution in [1.82, 2.24) is 30.2 Å². The minimum atomic E-state index is -0.962. The topological polar surface area (TPSA) is 130 Å². The summed E-state index contributed by atoms with van der Waals surface area (Å²) in [6, 6.07) is 15.4. The number of carbonyl (C=O) groups is 4. The van der Waals surface area contributed by atoms with E-state index in [-0.39, 0.29) is 24.2 Å². The summed E-state index contributed by atoms with van der Waals surface area (Å²) < 4.78 is 0. The number of hydrogen-bond acceptors (Lipinski definition) is 11. The SMILES string of the molecule is [C-]#[N+]c1ccc(N2CC3(CCN(c4ccc(CN5CCN(C6CCN(c7ccc8c(c7)C(=O)N(C7CCC(=O)NC7=O)C8=O)CC6)CC5)nn4)CC3)C[C@@H]2C)cc1Cl. The van der Waals surface area contributed by atoms with Gasteiger partial charge in [-0.3, -0.25) is 39.2 Å². The average Bonchev–Trinajstić information content (AvgIpc) is 3.69. The lowest BCUT2D eigenvalue weighted by Gasteiger charge is -2.43. The average molecular weight is 805 g/mol. The van der Waals surface area contributed by atoms with E-state index in [1.807, 2.05) is 24.3 Å². The first-order valence-electron chi connectivity index (χ1n) is 20.7. The second-order valence-electron chi connectivity index (χ2n) is 17.0. The van der Waals surface area contributed by atoms with Crippen molar-refractivity contribution in [3.05, 3.63) is 81.8 Å². The fourth-order valence-corrected chi connectivity index (χ4v) is 10.5. The summed E-state index contributed by atoms with van der Waals surface area (Å²) in [6.07, 6.45) is 5.65. The van der Waals surface area contributed by atoms with Crippen molar-refractivity contribution in [2.75, 3.05) is 73.6 Å². The first-order valence-corrected chi connectivity index (χ1v) is 21.0. The Bertz CT molecular complexity index is 2150. The molecule has 0 saturated carbocycles. The van der Waals surface area contributed by atoms with E-state index in [1.54, 1.807) is 12.1 Å². The standard InChI is InChI=1S/C43H49ClN10O4/c1-28-25-43(27-53(28)32-5-7-36(45-2)35(44)24-32)13-17-52(18-14-43)38-9-3-29(47-48-38)26-49-19-21-51(22-20-49)30-11-15-50(16-12-30)31-4-6-33-34(23-31)42(58)54(41(33)57)37-8-10-39(55)46-40(37)56/h3-7,9,23-24,28,30,37H,8,10-22,25-27H2,1H3,(H,46,55,56)/t28-,37?/m0/s1. The van der Waals surface area contributed by atoms with Crippen LogP contribution in [0.4, 0.5) is 22.9 Å². The highest BCUT2D eigenvalue weighted by molar-refractivity contribution is 6.33. The molecule has 7 heterocycles. The summed E-state index contributed by atoms with van der Waals surface area (Å²) in [4.78, 5) is 67.3. The molecule has 3 aromatic rings. The maximum absolute atomic E-state index is 13.4. The zero-order chi connectivity index (χ0) is 40.1. The Balaban J connectivity index is 0.720.